The number of morpholine rings is 1. The van der Waals surface area contributed by atoms with E-state index in [1.165, 1.54) is 6.07 Å². The van der Waals surface area contributed by atoms with Gasteiger partial charge in [-0.1, -0.05) is 6.07 Å². The maximum atomic E-state index is 12.6. The van der Waals surface area contributed by atoms with Gasteiger partial charge in [0, 0.05) is 27.9 Å². The van der Waals surface area contributed by atoms with E-state index in [1.807, 2.05) is 28.7 Å². The fourth-order valence-corrected chi connectivity index (χ4v) is 2.45. The predicted molar refractivity (Wildman–Crippen MR) is 67.1 cm³/mol. The van der Waals surface area contributed by atoms with Crippen LogP contribution in [0.2, 0.25) is 0 Å². The molecule has 5 heteroatoms. The van der Waals surface area contributed by atoms with Crippen LogP contribution in [0.3, 0.4) is 0 Å². The van der Waals surface area contributed by atoms with Crippen molar-refractivity contribution in [2.24, 2.45) is 0 Å². The number of rotatable bonds is 2. The molecule has 0 N–H and O–H groups in total. The summed E-state index contributed by atoms with van der Waals surface area (Å²) in [6, 6.07) is 5.08. The normalized spacial score (nSPS) is 16.9. The van der Waals surface area contributed by atoms with Crippen LogP contribution in [0.15, 0.2) is 18.2 Å². The van der Waals surface area contributed by atoms with Crippen LogP contribution in [0.5, 0.6) is 0 Å². The first-order valence-electron chi connectivity index (χ1n) is 5.09. The first-order chi connectivity index (χ1) is 7.68. The highest BCUT2D eigenvalue weighted by Gasteiger charge is 2.15. The second kappa shape index (κ2) is 5.27. The van der Waals surface area contributed by atoms with Crippen LogP contribution in [0.25, 0.3) is 0 Å². The molecule has 0 atom stereocenters. The Morgan fingerprint density at radius 2 is 1.94 bits per heavy atom. The molecule has 0 radical (unpaired) electrons. The van der Waals surface area contributed by atoms with Crippen molar-refractivity contribution in [3.8, 4) is 0 Å². The molecule has 1 heterocycles. The van der Waals surface area contributed by atoms with Crippen LogP contribution in [0.1, 0.15) is 12.0 Å². The Morgan fingerprint density at radius 3 is 2.50 bits per heavy atom. The van der Waals surface area contributed by atoms with Crippen molar-refractivity contribution in [2.75, 3.05) is 31.2 Å². The van der Waals surface area contributed by atoms with Gasteiger partial charge in [-0.2, -0.15) is 0 Å². The van der Waals surface area contributed by atoms with Crippen molar-refractivity contribution in [3.63, 3.8) is 0 Å². The Morgan fingerprint density at radius 1 is 1.25 bits per heavy atom. The molecule has 2 rings (SSSR count). The summed E-state index contributed by atoms with van der Waals surface area (Å²) in [6.45, 7) is 3.05. The van der Waals surface area contributed by atoms with Crippen LogP contribution in [0, 0.1) is 3.57 Å². The molecule has 88 valence electrons. The van der Waals surface area contributed by atoms with Crippen molar-refractivity contribution in [1.29, 1.82) is 0 Å². The van der Waals surface area contributed by atoms with E-state index in [0.29, 0.717) is 16.8 Å². The van der Waals surface area contributed by atoms with Gasteiger partial charge >= 0.3 is 0 Å². The fraction of sp³-hybridized carbons (Fsp3) is 0.455. The number of nitrogens with zero attached hydrogens (tertiary/aromatic N) is 1. The quantitative estimate of drug-likeness (QED) is 0.768. The molecular formula is C11H12F2INO. The minimum Gasteiger partial charge on any atom is -0.378 e. The Kier molecular flexibility index (Phi) is 3.96. The van der Waals surface area contributed by atoms with Gasteiger partial charge in [-0.3, -0.25) is 0 Å². The maximum absolute atomic E-state index is 12.6. The van der Waals surface area contributed by atoms with Gasteiger partial charge in [0.1, 0.15) is 0 Å². The second-order valence-electron chi connectivity index (χ2n) is 3.61. The van der Waals surface area contributed by atoms with Gasteiger partial charge in [0.05, 0.1) is 13.2 Å². The summed E-state index contributed by atoms with van der Waals surface area (Å²) in [5.41, 5.74) is 1.11. The fourth-order valence-electron chi connectivity index (χ4n) is 1.71. The van der Waals surface area contributed by atoms with Crippen molar-refractivity contribution in [3.05, 3.63) is 27.3 Å². The number of benzene rings is 1. The molecule has 1 saturated heterocycles. The molecule has 16 heavy (non-hydrogen) atoms. The molecule has 1 aliphatic heterocycles. The molecule has 1 aromatic carbocycles. The molecule has 2 nitrogen and oxygen atoms in total. The first kappa shape index (κ1) is 12.0. The number of ether oxygens (including phenoxy) is 1. The lowest BCUT2D eigenvalue weighted by Gasteiger charge is -2.29. The highest BCUT2D eigenvalue weighted by atomic mass is 127. The summed E-state index contributed by atoms with van der Waals surface area (Å²) in [6.07, 6.45) is -2.40. The molecule has 1 aromatic rings. The third-order valence-electron chi connectivity index (χ3n) is 2.60. The third kappa shape index (κ3) is 2.63. The smallest absolute Gasteiger partial charge is 0.264 e. The van der Waals surface area contributed by atoms with Crippen molar-refractivity contribution >= 4 is 28.3 Å². The Labute approximate surface area is 107 Å². The topological polar surface area (TPSA) is 12.5 Å². The summed E-state index contributed by atoms with van der Waals surface area (Å²) < 4.78 is 31.0. The Balaban J connectivity index is 2.19. The SMILES string of the molecule is FC(F)c1ccc(N2CCOCC2)cc1I. The number of halogens is 3. The van der Waals surface area contributed by atoms with E-state index < -0.39 is 6.43 Å². The van der Waals surface area contributed by atoms with Gasteiger partial charge in [0.15, 0.2) is 0 Å². The average molecular weight is 339 g/mol. The summed E-state index contributed by atoms with van der Waals surface area (Å²) >= 11 is 1.96. The van der Waals surface area contributed by atoms with Crippen LogP contribution < -0.4 is 4.90 Å². The molecule has 1 aliphatic rings. The number of hydrogen-bond acceptors (Lipinski definition) is 2. The lowest BCUT2D eigenvalue weighted by molar-refractivity contribution is 0.122. The molecule has 0 aromatic heterocycles. The largest absolute Gasteiger partial charge is 0.378 e. The van der Waals surface area contributed by atoms with Gasteiger partial charge in [-0.05, 0) is 34.7 Å². The zero-order chi connectivity index (χ0) is 11.5. The van der Waals surface area contributed by atoms with E-state index in [0.717, 1.165) is 18.8 Å². The Hall–Kier alpha value is -0.430. The van der Waals surface area contributed by atoms with E-state index in [1.54, 1.807) is 6.07 Å². The van der Waals surface area contributed by atoms with E-state index in [4.69, 9.17) is 4.74 Å². The summed E-state index contributed by atoms with van der Waals surface area (Å²) in [5, 5.41) is 0. The first-order valence-corrected chi connectivity index (χ1v) is 6.16. The minimum atomic E-state index is -2.40. The van der Waals surface area contributed by atoms with Gasteiger partial charge in [0.25, 0.3) is 6.43 Å². The zero-order valence-electron chi connectivity index (χ0n) is 8.63. The molecular weight excluding hydrogens is 327 g/mol. The number of anilines is 1. The van der Waals surface area contributed by atoms with Gasteiger partial charge in [-0.25, -0.2) is 8.78 Å². The molecule has 0 saturated carbocycles. The lowest BCUT2D eigenvalue weighted by Crippen LogP contribution is -2.36. The van der Waals surface area contributed by atoms with Crippen LogP contribution in [-0.4, -0.2) is 26.3 Å². The molecule has 0 aliphatic carbocycles. The van der Waals surface area contributed by atoms with Crippen LogP contribution >= 0.6 is 22.6 Å². The second-order valence-corrected chi connectivity index (χ2v) is 4.77. The average Bonchev–Trinajstić information content (AvgIpc) is 2.29. The molecule has 1 fully saturated rings. The van der Waals surface area contributed by atoms with Crippen LogP contribution in [-0.2, 0) is 4.74 Å². The van der Waals surface area contributed by atoms with Crippen LogP contribution in [0.4, 0.5) is 14.5 Å². The molecule has 0 bridgehead atoms. The van der Waals surface area contributed by atoms with Crippen molar-refractivity contribution in [2.45, 2.75) is 6.43 Å². The van der Waals surface area contributed by atoms with Gasteiger partial charge in [-0.15, -0.1) is 0 Å². The minimum absolute atomic E-state index is 0.109. The standard InChI is InChI=1S/C11H12F2INO/c12-11(13)9-2-1-8(7-10(9)14)15-3-5-16-6-4-15/h1-2,7,11H,3-6H2. The monoisotopic (exact) mass is 339 g/mol. The Bertz CT molecular complexity index is 367. The summed E-state index contributed by atoms with van der Waals surface area (Å²) in [5.74, 6) is 0. The molecule has 0 amide bonds. The van der Waals surface area contributed by atoms with Gasteiger partial charge in [0.2, 0.25) is 0 Å². The number of hydrogen-bond donors (Lipinski definition) is 0. The molecule has 0 unspecified atom stereocenters. The van der Waals surface area contributed by atoms with E-state index >= 15 is 0 Å². The highest BCUT2D eigenvalue weighted by Crippen LogP contribution is 2.28. The summed E-state index contributed by atoms with van der Waals surface area (Å²) in [4.78, 5) is 2.15. The van der Waals surface area contributed by atoms with E-state index in [2.05, 4.69) is 4.90 Å². The van der Waals surface area contributed by atoms with E-state index in [9.17, 15) is 8.78 Å². The number of alkyl halides is 2. The zero-order valence-corrected chi connectivity index (χ0v) is 10.8. The van der Waals surface area contributed by atoms with Crippen molar-refractivity contribution in [1.82, 2.24) is 0 Å². The third-order valence-corrected chi connectivity index (χ3v) is 3.53. The van der Waals surface area contributed by atoms with E-state index in [-0.39, 0.29) is 5.56 Å². The highest BCUT2D eigenvalue weighted by molar-refractivity contribution is 14.1. The lowest BCUT2D eigenvalue weighted by atomic mass is 10.2. The molecule has 0 spiro atoms. The summed E-state index contributed by atoms with van der Waals surface area (Å²) in [7, 11) is 0. The van der Waals surface area contributed by atoms with Crippen molar-refractivity contribution < 1.29 is 13.5 Å². The van der Waals surface area contributed by atoms with Gasteiger partial charge < -0.3 is 9.64 Å². The maximum Gasteiger partial charge on any atom is 0.264 e. The predicted octanol–water partition coefficient (Wildman–Crippen LogP) is 3.07.